The van der Waals surface area contributed by atoms with Crippen LogP contribution in [0.3, 0.4) is 0 Å². The molecule has 0 amide bonds. The Morgan fingerprint density at radius 3 is 2.65 bits per heavy atom. The molecule has 0 aliphatic carbocycles. The number of hydrogen-bond donors (Lipinski definition) is 1. The molecule has 3 rings (SSSR count). The zero-order valence-corrected chi connectivity index (χ0v) is 13.1. The molecule has 2 heterocycles. The van der Waals surface area contributed by atoms with E-state index in [-0.39, 0.29) is 35.3 Å². The van der Waals surface area contributed by atoms with Gasteiger partial charge in [-0.05, 0) is 24.3 Å². The molecule has 0 unspecified atom stereocenters. The second kappa shape index (κ2) is 7.09. The van der Waals surface area contributed by atoms with Crippen LogP contribution in [0.4, 0.5) is 8.78 Å². The lowest BCUT2D eigenvalue weighted by Gasteiger charge is -2.05. The minimum Gasteiger partial charge on any atom is -0.478 e. The van der Waals surface area contributed by atoms with Crippen molar-refractivity contribution in [1.82, 2.24) is 15.1 Å². The van der Waals surface area contributed by atoms with Gasteiger partial charge in [-0.1, -0.05) is 11.7 Å². The Hall–Kier alpha value is -3.62. The SMILES string of the molecule is C=C(Cc1nc(-c2ccc(Oc3ncc(F)cc3F)cc2)no1)C(=O)O. The van der Waals surface area contributed by atoms with E-state index in [0.29, 0.717) is 11.6 Å². The smallest absolute Gasteiger partial charge is 0.331 e. The third-order valence-corrected chi connectivity index (χ3v) is 3.24. The normalized spacial score (nSPS) is 10.5. The van der Waals surface area contributed by atoms with Crippen LogP contribution in [0.25, 0.3) is 11.4 Å². The van der Waals surface area contributed by atoms with Crippen LogP contribution in [-0.2, 0) is 11.2 Å². The number of aromatic nitrogens is 3. The fourth-order valence-electron chi connectivity index (χ4n) is 1.96. The first-order valence-corrected chi connectivity index (χ1v) is 7.25. The molecule has 132 valence electrons. The Labute approximate surface area is 145 Å². The van der Waals surface area contributed by atoms with Gasteiger partial charge < -0.3 is 14.4 Å². The van der Waals surface area contributed by atoms with Crippen LogP contribution in [-0.4, -0.2) is 26.2 Å². The van der Waals surface area contributed by atoms with Gasteiger partial charge in [0, 0.05) is 17.2 Å². The molecule has 1 aromatic carbocycles. The summed E-state index contributed by atoms with van der Waals surface area (Å²) in [6, 6.07) is 6.90. The number of carboxylic acids is 1. The van der Waals surface area contributed by atoms with Crippen LogP contribution in [0, 0.1) is 11.6 Å². The van der Waals surface area contributed by atoms with Crippen molar-refractivity contribution in [3.05, 3.63) is 66.2 Å². The van der Waals surface area contributed by atoms with Crippen LogP contribution in [0.5, 0.6) is 11.6 Å². The number of rotatable bonds is 6. The van der Waals surface area contributed by atoms with Crippen molar-refractivity contribution in [2.45, 2.75) is 6.42 Å². The van der Waals surface area contributed by atoms with Crippen molar-refractivity contribution in [3.63, 3.8) is 0 Å². The van der Waals surface area contributed by atoms with Gasteiger partial charge in [0.1, 0.15) is 11.6 Å². The average Bonchev–Trinajstić information content (AvgIpc) is 3.06. The Balaban J connectivity index is 1.72. The van der Waals surface area contributed by atoms with E-state index in [9.17, 15) is 13.6 Å². The second-order valence-electron chi connectivity index (χ2n) is 5.16. The van der Waals surface area contributed by atoms with Gasteiger partial charge in [0.25, 0.3) is 5.88 Å². The van der Waals surface area contributed by atoms with Crippen molar-refractivity contribution >= 4 is 5.97 Å². The summed E-state index contributed by atoms with van der Waals surface area (Å²) in [7, 11) is 0. The number of benzene rings is 1. The molecule has 0 radical (unpaired) electrons. The van der Waals surface area contributed by atoms with Gasteiger partial charge in [0.15, 0.2) is 5.82 Å². The highest BCUT2D eigenvalue weighted by Crippen LogP contribution is 2.25. The lowest BCUT2D eigenvalue weighted by Crippen LogP contribution is -2.02. The van der Waals surface area contributed by atoms with Crippen molar-refractivity contribution in [2.75, 3.05) is 0 Å². The minimum absolute atomic E-state index is 0.0704. The molecule has 9 heteroatoms. The van der Waals surface area contributed by atoms with Crippen LogP contribution < -0.4 is 4.74 Å². The summed E-state index contributed by atoms with van der Waals surface area (Å²) in [6.07, 6.45) is 0.775. The molecule has 2 aromatic heterocycles. The van der Waals surface area contributed by atoms with Crippen LogP contribution in [0.2, 0.25) is 0 Å². The van der Waals surface area contributed by atoms with E-state index in [2.05, 4.69) is 21.7 Å². The summed E-state index contributed by atoms with van der Waals surface area (Å²) in [4.78, 5) is 18.4. The summed E-state index contributed by atoms with van der Waals surface area (Å²) < 4.78 is 36.6. The lowest BCUT2D eigenvalue weighted by molar-refractivity contribution is -0.132. The molecule has 0 saturated heterocycles. The standard InChI is InChI=1S/C17H11F2N3O4/c1-9(17(23)24)6-14-21-15(22-26-14)10-2-4-12(5-3-10)25-16-13(19)7-11(18)8-20-16/h2-5,7-8H,1,6H2,(H,23,24). The van der Waals surface area contributed by atoms with Crippen LogP contribution in [0.15, 0.2) is 53.2 Å². The van der Waals surface area contributed by atoms with E-state index in [1.54, 1.807) is 12.1 Å². The fourth-order valence-corrected chi connectivity index (χ4v) is 1.96. The van der Waals surface area contributed by atoms with Gasteiger partial charge in [0.05, 0.1) is 12.6 Å². The molecule has 0 saturated carbocycles. The van der Waals surface area contributed by atoms with Crippen molar-refractivity contribution in [2.24, 2.45) is 0 Å². The fraction of sp³-hybridized carbons (Fsp3) is 0.0588. The Bertz CT molecular complexity index is 970. The quantitative estimate of drug-likeness (QED) is 0.674. The number of carboxylic acid groups (broad SMARTS) is 1. The van der Waals surface area contributed by atoms with Gasteiger partial charge in [-0.3, -0.25) is 0 Å². The molecule has 0 atom stereocenters. The maximum atomic E-state index is 13.5. The first-order chi connectivity index (χ1) is 12.4. The topological polar surface area (TPSA) is 98.3 Å². The highest BCUT2D eigenvalue weighted by Gasteiger charge is 2.13. The van der Waals surface area contributed by atoms with Gasteiger partial charge >= 0.3 is 5.97 Å². The third-order valence-electron chi connectivity index (χ3n) is 3.24. The number of nitrogens with zero attached hydrogens (tertiary/aromatic N) is 3. The monoisotopic (exact) mass is 359 g/mol. The number of aliphatic carboxylic acids is 1. The predicted molar refractivity (Wildman–Crippen MR) is 84.4 cm³/mol. The summed E-state index contributed by atoms with van der Waals surface area (Å²) in [6.45, 7) is 3.39. The Kier molecular flexibility index (Phi) is 4.70. The molecule has 0 bridgehead atoms. The van der Waals surface area contributed by atoms with Gasteiger partial charge in [-0.25, -0.2) is 18.6 Å². The molecule has 0 aliphatic heterocycles. The first kappa shape index (κ1) is 17.2. The third kappa shape index (κ3) is 3.89. The molecular weight excluding hydrogens is 348 g/mol. The molecule has 7 nitrogen and oxygen atoms in total. The van der Waals surface area contributed by atoms with E-state index >= 15 is 0 Å². The number of halogens is 2. The predicted octanol–water partition coefficient (Wildman–Crippen LogP) is 3.39. The molecule has 1 N–H and O–H groups in total. The van der Waals surface area contributed by atoms with E-state index in [4.69, 9.17) is 14.4 Å². The summed E-state index contributed by atoms with van der Waals surface area (Å²) >= 11 is 0. The largest absolute Gasteiger partial charge is 0.478 e. The van der Waals surface area contributed by atoms with Crippen molar-refractivity contribution in [1.29, 1.82) is 0 Å². The van der Waals surface area contributed by atoms with Gasteiger partial charge in [0.2, 0.25) is 11.7 Å². The van der Waals surface area contributed by atoms with Crippen LogP contribution >= 0.6 is 0 Å². The zero-order valence-electron chi connectivity index (χ0n) is 13.1. The summed E-state index contributed by atoms with van der Waals surface area (Å²) in [5, 5.41) is 12.6. The van der Waals surface area contributed by atoms with E-state index in [1.165, 1.54) is 12.1 Å². The number of hydrogen-bond acceptors (Lipinski definition) is 6. The average molecular weight is 359 g/mol. The minimum atomic E-state index is -1.15. The number of pyridine rings is 1. The zero-order chi connectivity index (χ0) is 18.7. The van der Waals surface area contributed by atoms with Gasteiger partial charge in [-0.15, -0.1) is 0 Å². The highest BCUT2D eigenvalue weighted by molar-refractivity contribution is 5.86. The molecule has 0 spiro atoms. The van der Waals surface area contributed by atoms with Crippen LogP contribution in [0.1, 0.15) is 5.89 Å². The van der Waals surface area contributed by atoms with E-state index in [0.717, 1.165) is 6.20 Å². The van der Waals surface area contributed by atoms with Crippen molar-refractivity contribution < 1.29 is 27.9 Å². The molecule has 0 aliphatic rings. The lowest BCUT2D eigenvalue weighted by atomic mass is 10.2. The molecule has 3 aromatic rings. The Morgan fingerprint density at radius 2 is 2.00 bits per heavy atom. The van der Waals surface area contributed by atoms with E-state index < -0.39 is 17.6 Å². The number of ether oxygens (including phenoxy) is 1. The first-order valence-electron chi connectivity index (χ1n) is 7.25. The van der Waals surface area contributed by atoms with E-state index in [1.807, 2.05) is 0 Å². The van der Waals surface area contributed by atoms with Crippen molar-refractivity contribution in [3.8, 4) is 23.0 Å². The summed E-state index contributed by atoms with van der Waals surface area (Å²) in [5.41, 5.74) is 0.499. The maximum absolute atomic E-state index is 13.5. The number of carbonyl (C=O) groups is 1. The Morgan fingerprint density at radius 1 is 1.27 bits per heavy atom. The summed E-state index contributed by atoms with van der Waals surface area (Å²) in [5.74, 6) is -2.59. The van der Waals surface area contributed by atoms with Gasteiger partial charge in [-0.2, -0.15) is 4.98 Å². The maximum Gasteiger partial charge on any atom is 0.331 e. The molecule has 26 heavy (non-hydrogen) atoms. The second-order valence-corrected chi connectivity index (χ2v) is 5.16. The molecular formula is C17H11F2N3O4. The highest BCUT2D eigenvalue weighted by atomic mass is 19.1. The molecule has 0 fully saturated rings.